The van der Waals surface area contributed by atoms with Crippen LogP contribution in [0, 0.1) is 0 Å². The van der Waals surface area contributed by atoms with Gasteiger partial charge in [0.15, 0.2) is 12.2 Å². The van der Waals surface area contributed by atoms with Crippen molar-refractivity contribution < 1.29 is 24.2 Å². The summed E-state index contributed by atoms with van der Waals surface area (Å²) in [4.78, 5) is 24.6. The van der Waals surface area contributed by atoms with Crippen LogP contribution >= 0.6 is 0 Å². The van der Waals surface area contributed by atoms with E-state index in [1.54, 1.807) is 48.5 Å². The molecule has 2 unspecified atom stereocenters. The molecule has 0 amide bonds. The number of para-hydroxylation sites is 2. The topological polar surface area (TPSA) is 72.8 Å². The van der Waals surface area contributed by atoms with E-state index in [4.69, 9.17) is 9.47 Å². The number of hydrogen-bond acceptors (Lipinski definition) is 5. The van der Waals surface area contributed by atoms with E-state index in [0.29, 0.717) is 22.6 Å². The predicted octanol–water partition coefficient (Wildman–Crippen LogP) is 1.64. The van der Waals surface area contributed by atoms with Gasteiger partial charge in [-0.05, 0) is 24.3 Å². The summed E-state index contributed by atoms with van der Waals surface area (Å²) in [5.74, 6) is 0.157. The molecular formula is C17H12O5. The van der Waals surface area contributed by atoms with Crippen molar-refractivity contribution in [3.05, 3.63) is 59.7 Å². The Labute approximate surface area is 126 Å². The predicted molar refractivity (Wildman–Crippen MR) is 76.4 cm³/mol. The highest BCUT2D eigenvalue weighted by Gasteiger charge is 2.47. The van der Waals surface area contributed by atoms with Gasteiger partial charge in [-0.1, -0.05) is 24.3 Å². The van der Waals surface area contributed by atoms with Crippen molar-refractivity contribution in [1.29, 1.82) is 0 Å². The summed E-state index contributed by atoms with van der Waals surface area (Å²) in [5, 5.41) is 10.4. The number of carbonyl (C=O) groups excluding carboxylic acids is 2. The van der Waals surface area contributed by atoms with Crippen molar-refractivity contribution in [3.8, 4) is 11.5 Å². The molecule has 5 heteroatoms. The number of Topliss-reactive ketones (excluding diaryl/α,β-unsaturated/α-hetero) is 2. The SMILES string of the molecule is O=C1c2ccccc2OC1C(O)C1Oc2ccccc2C1=O. The van der Waals surface area contributed by atoms with Crippen LogP contribution < -0.4 is 9.47 Å². The first-order valence-electron chi connectivity index (χ1n) is 6.94. The van der Waals surface area contributed by atoms with E-state index in [0.717, 1.165) is 0 Å². The van der Waals surface area contributed by atoms with Gasteiger partial charge in [-0.25, -0.2) is 0 Å². The lowest BCUT2D eigenvalue weighted by atomic mass is 9.97. The van der Waals surface area contributed by atoms with Crippen molar-refractivity contribution in [2.75, 3.05) is 0 Å². The van der Waals surface area contributed by atoms with Gasteiger partial charge in [-0.2, -0.15) is 0 Å². The largest absolute Gasteiger partial charge is 0.479 e. The molecule has 0 saturated carbocycles. The Morgan fingerprint density at radius 2 is 1.18 bits per heavy atom. The Bertz CT molecular complexity index is 717. The molecule has 0 spiro atoms. The van der Waals surface area contributed by atoms with Crippen molar-refractivity contribution in [1.82, 2.24) is 0 Å². The standard InChI is InChI=1S/C17H12O5/c18-13-9-5-1-3-7-11(9)21-16(13)15(20)17-14(19)10-6-2-4-8-12(10)22-17/h1-8,15-17,20H. The highest BCUT2D eigenvalue weighted by molar-refractivity contribution is 6.08. The molecule has 0 aliphatic carbocycles. The fraction of sp³-hybridized carbons (Fsp3) is 0.176. The van der Waals surface area contributed by atoms with Gasteiger partial charge >= 0.3 is 0 Å². The van der Waals surface area contributed by atoms with E-state index in [-0.39, 0.29) is 11.6 Å². The maximum atomic E-state index is 12.3. The molecular weight excluding hydrogens is 284 g/mol. The summed E-state index contributed by atoms with van der Waals surface area (Å²) in [5.41, 5.74) is 0.823. The van der Waals surface area contributed by atoms with Crippen LogP contribution in [0.15, 0.2) is 48.5 Å². The number of ether oxygens (including phenoxy) is 2. The van der Waals surface area contributed by atoms with E-state index >= 15 is 0 Å². The van der Waals surface area contributed by atoms with Crippen LogP contribution in [-0.4, -0.2) is 35.0 Å². The molecule has 2 aliphatic rings. The number of hydrogen-bond donors (Lipinski definition) is 1. The number of benzene rings is 2. The molecule has 2 aromatic carbocycles. The van der Waals surface area contributed by atoms with Gasteiger partial charge in [-0.3, -0.25) is 9.59 Å². The third-order valence-corrected chi connectivity index (χ3v) is 3.95. The third kappa shape index (κ3) is 1.76. The molecule has 0 fully saturated rings. The molecule has 4 rings (SSSR count). The normalized spacial score (nSPS) is 23.5. The van der Waals surface area contributed by atoms with Gasteiger partial charge in [0.25, 0.3) is 0 Å². The molecule has 1 N–H and O–H groups in total. The van der Waals surface area contributed by atoms with E-state index in [9.17, 15) is 14.7 Å². The molecule has 2 heterocycles. The van der Waals surface area contributed by atoms with Crippen LogP contribution in [0.25, 0.3) is 0 Å². The van der Waals surface area contributed by atoms with Crippen LogP contribution in [-0.2, 0) is 0 Å². The number of fused-ring (bicyclic) bond motifs is 2. The van der Waals surface area contributed by atoms with Gasteiger partial charge in [0.2, 0.25) is 11.6 Å². The van der Waals surface area contributed by atoms with Gasteiger partial charge in [-0.15, -0.1) is 0 Å². The third-order valence-electron chi connectivity index (χ3n) is 3.95. The Kier molecular flexibility index (Phi) is 2.77. The minimum atomic E-state index is -1.36. The second-order valence-electron chi connectivity index (χ2n) is 5.29. The first-order valence-corrected chi connectivity index (χ1v) is 6.94. The van der Waals surface area contributed by atoms with E-state index in [1.165, 1.54) is 0 Å². The minimum Gasteiger partial charge on any atom is -0.479 e. The summed E-state index contributed by atoms with van der Waals surface area (Å²) in [7, 11) is 0. The quantitative estimate of drug-likeness (QED) is 0.912. The zero-order valence-corrected chi connectivity index (χ0v) is 11.4. The van der Waals surface area contributed by atoms with Gasteiger partial charge in [0, 0.05) is 0 Å². The van der Waals surface area contributed by atoms with Gasteiger partial charge in [0.05, 0.1) is 11.1 Å². The molecule has 0 saturated heterocycles. The van der Waals surface area contributed by atoms with Crippen LogP contribution in [0.3, 0.4) is 0 Å². The highest BCUT2D eigenvalue weighted by atomic mass is 16.5. The van der Waals surface area contributed by atoms with E-state index < -0.39 is 18.3 Å². The van der Waals surface area contributed by atoms with Gasteiger partial charge in [0.1, 0.15) is 17.6 Å². The Morgan fingerprint density at radius 3 is 1.59 bits per heavy atom. The number of ketones is 2. The maximum Gasteiger partial charge on any atom is 0.209 e. The molecule has 2 aliphatic heterocycles. The summed E-state index contributed by atoms with van der Waals surface area (Å²) in [6.07, 6.45) is -3.61. The molecule has 5 nitrogen and oxygen atoms in total. The number of rotatable bonds is 2. The first-order chi connectivity index (χ1) is 10.7. The number of aliphatic hydroxyl groups excluding tert-OH is 1. The number of aliphatic hydroxyl groups is 1. The maximum absolute atomic E-state index is 12.3. The summed E-state index contributed by atoms with van der Waals surface area (Å²) in [6, 6.07) is 13.5. The van der Waals surface area contributed by atoms with Crippen LogP contribution in [0.2, 0.25) is 0 Å². The van der Waals surface area contributed by atoms with E-state index in [1.807, 2.05) is 0 Å². The van der Waals surface area contributed by atoms with Crippen LogP contribution in [0.5, 0.6) is 11.5 Å². The smallest absolute Gasteiger partial charge is 0.209 e. The van der Waals surface area contributed by atoms with Crippen LogP contribution in [0.1, 0.15) is 20.7 Å². The van der Waals surface area contributed by atoms with Crippen molar-refractivity contribution >= 4 is 11.6 Å². The zero-order valence-electron chi connectivity index (χ0n) is 11.4. The number of carbonyl (C=O) groups is 2. The van der Waals surface area contributed by atoms with Crippen molar-refractivity contribution in [2.24, 2.45) is 0 Å². The van der Waals surface area contributed by atoms with Crippen LogP contribution in [0.4, 0.5) is 0 Å². The average Bonchev–Trinajstić information content (AvgIpc) is 3.06. The lowest BCUT2D eigenvalue weighted by molar-refractivity contribution is -0.00895. The molecule has 22 heavy (non-hydrogen) atoms. The fourth-order valence-electron chi connectivity index (χ4n) is 2.84. The molecule has 0 radical (unpaired) electrons. The minimum absolute atomic E-state index is 0.338. The first kappa shape index (κ1) is 13.0. The lowest BCUT2D eigenvalue weighted by Gasteiger charge is -2.21. The summed E-state index contributed by atoms with van der Waals surface area (Å²) in [6.45, 7) is 0. The fourth-order valence-corrected chi connectivity index (χ4v) is 2.84. The monoisotopic (exact) mass is 296 g/mol. The summed E-state index contributed by atoms with van der Waals surface area (Å²) < 4.78 is 11.0. The lowest BCUT2D eigenvalue weighted by Crippen LogP contribution is -2.47. The summed E-state index contributed by atoms with van der Waals surface area (Å²) >= 11 is 0. The second-order valence-corrected chi connectivity index (χ2v) is 5.29. The average molecular weight is 296 g/mol. The zero-order chi connectivity index (χ0) is 15.3. The molecule has 0 aromatic heterocycles. The Hall–Kier alpha value is -2.66. The Morgan fingerprint density at radius 1 is 0.773 bits per heavy atom. The van der Waals surface area contributed by atoms with E-state index in [2.05, 4.69) is 0 Å². The molecule has 2 atom stereocenters. The van der Waals surface area contributed by atoms with Crippen molar-refractivity contribution in [2.45, 2.75) is 18.3 Å². The molecule has 0 bridgehead atoms. The van der Waals surface area contributed by atoms with Crippen molar-refractivity contribution in [3.63, 3.8) is 0 Å². The second kappa shape index (κ2) is 4.68. The Balaban J connectivity index is 1.61. The molecule has 110 valence electrons. The van der Waals surface area contributed by atoms with Gasteiger partial charge < -0.3 is 14.6 Å². The molecule has 2 aromatic rings. The highest BCUT2D eigenvalue weighted by Crippen LogP contribution is 2.34.